The van der Waals surface area contributed by atoms with Crippen molar-refractivity contribution in [3.63, 3.8) is 0 Å². The average Bonchev–Trinajstić information content (AvgIpc) is 2.91. The van der Waals surface area contributed by atoms with Crippen LogP contribution in [0.2, 0.25) is 0 Å². The van der Waals surface area contributed by atoms with Gasteiger partial charge in [-0.15, -0.1) is 11.3 Å². The molecule has 0 amide bonds. The number of rotatable bonds is 3. The molecule has 0 N–H and O–H groups in total. The van der Waals surface area contributed by atoms with Gasteiger partial charge in [-0.05, 0) is 23.6 Å². The van der Waals surface area contributed by atoms with E-state index in [1.807, 2.05) is 35.7 Å². The van der Waals surface area contributed by atoms with Crippen molar-refractivity contribution in [2.45, 2.75) is 6.42 Å². The van der Waals surface area contributed by atoms with Crippen molar-refractivity contribution in [2.75, 3.05) is 0 Å². The lowest BCUT2D eigenvalue weighted by molar-refractivity contribution is 0.0995. The normalized spacial score (nSPS) is 10.7. The van der Waals surface area contributed by atoms with Crippen molar-refractivity contribution in [2.24, 2.45) is 0 Å². The summed E-state index contributed by atoms with van der Waals surface area (Å²) in [5.41, 5.74) is 2.09. The molecule has 0 aliphatic rings. The summed E-state index contributed by atoms with van der Waals surface area (Å²) in [4.78, 5) is 21.8. The zero-order valence-electron chi connectivity index (χ0n) is 9.54. The van der Waals surface area contributed by atoms with Gasteiger partial charge in [0.1, 0.15) is 0 Å². The van der Waals surface area contributed by atoms with Gasteiger partial charge in [0.25, 0.3) is 0 Å². The van der Waals surface area contributed by atoms with Gasteiger partial charge in [-0.1, -0.05) is 12.1 Å². The predicted octanol–water partition coefficient (Wildman–Crippen LogP) is 3.12. The Hall–Kier alpha value is -2.07. The number of carbonyl (C=O) groups excluding carboxylic acids is 1. The zero-order valence-corrected chi connectivity index (χ0v) is 10.4. The average molecular weight is 254 g/mol. The Labute approximate surface area is 108 Å². The summed E-state index contributed by atoms with van der Waals surface area (Å²) in [6.07, 6.45) is 3.67. The molecule has 88 valence electrons. The first kappa shape index (κ1) is 11.0. The molecule has 0 saturated carbocycles. The molecule has 0 unspecified atom stereocenters. The third-order valence-corrected chi connectivity index (χ3v) is 3.59. The summed E-state index contributed by atoms with van der Waals surface area (Å²) in [5, 5.41) is 1.98. The van der Waals surface area contributed by atoms with Crippen LogP contribution in [-0.4, -0.2) is 15.8 Å². The van der Waals surface area contributed by atoms with Gasteiger partial charge in [0, 0.05) is 29.3 Å². The monoisotopic (exact) mass is 254 g/mol. The molecule has 0 spiro atoms. The number of Topliss-reactive ketones (excluding diaryl/α,β-unsaturated/α-hetero) is 1. The first-order valence-electron chi connectivity index (χ1n) is 5.60. The number of thiophene rings is 1. The molecule has 4 heteroatoms. The number of hydrogen-bond acceptors (Lipinski definition) is 4. The zero-order chi connectivity index (χ0) is 12.4. The lowest BCUT2D eigenvalue weighted by Gasteiger charge is -2.03. The highest BCUT2D eigenvalue weighted by atomic mass is 32.1. The van der Waals surface area contributed by atoms with Crippen LogP contribution in [0, 0.1) is 0 Å². The first-order chi connectivity index (χ1) is 8.84. The number of nitrogens with zero attached hydrogens (tertiary/aromatic N) is 2. The molecule has 3 nitrogen and oxygen atoms in total. The Bertz CT molecular complexity index is 687. The maximum absolute atomic E-state index is 12.3. The number of hydrogen-bond donors (Lipinski definition) is 0. The second-order valence-electron chi connectivity index (χ2n) is 3.91. The van der Waals surface area contributed by atoms with E-state index in [1.54, 1.807) is 23.7 Å². The molecule has 2 heterocycles. The SMILES string of the molecule is O=C(Cc1cccs1)c1cccc2nccnc12. The van der Waals surface area contributed by atoms with Crippen LogP contribution in [-0.2, 0) is 6.42 Å². The molecule has 0 aliphatic heterocycles. The van der Waals surface area contributed by atoms with Gasteiger partial charge in [0.05, 0.1) is 11.0 Å². The highest BCUT2D eigenvalue weighted by molar-refractivity contribution is 7.10. The van der Waals surface area contributed by atoms with E-state index in [-0.39, 0.29) is 5.78 Å². The topological polar surface area (TPSA) is 42.9 Å². The van der Waals surface area contributed by atoms with Gasteiger partial charge >= 0.3 is 0 Å². The van der Waals surface area contributed by atoms with Crippen LogP contribution in [0.25, 0.3) is 11.0 Å². The molecule has 0 aliphatic carbocycles. The minimum Gasteiger partial charge on any atom is -0.294 e. The van der Waals surface area contributed by atoms with Crippen LogP contribution in [0.1, 0.15) is 15.2 Å². The second-order valence-corrected chi connectivity index (χ2v) is 4.94. The fourth-order valence-electron chi connectivity index (χ4n) is 1.88. The van der Waals surface area contributed by atoms with E-state index in [9.17, 15) is 4.79 Å². The first-order valence-corrected chi connectivity index (χ1v) is 6.48. The van der Waals surface area contributed by atoms with Crippen molar-refractivity contribution < 1.29 is 4.79 Å². The molecular weight excluding hydrogens is 244 g/mol. The van der Waals surface area contributed by atoms with Crippen LogP contribution in [0.3, 0.4) is 0 Å². The molecule has 0 fully saturated rings. The predicted molar refractivity (Wildman–Crippen MR) is 71.9 cm³/mol. The minimum atomic E-state index is 0.0866. The van der Waals surface area contributed by atoms with Gasteiger partial charge < -0.3 is 0 Å². The smallest absolute Gasteiger partial charge is 0.170 e. The third kappa shape index (κ3) is 2.02. The Morgan fingerprint density at radius 3 is 2.83 bits per heavy atom. The number of para-hydroxylation sites is 1. The summed E-state index contributed by atoms with van der Waals surface area (Å²) in [6.45, 7) is 0. The molecule has 0 radical (unpaired) electrons. The van der Waals surface area contributed by atoms with Gasteiger partial charge in [-0.25, -0.2) is 0 Å². The van der Waals surface area contributed by atoms with Crippen LogP contribution in [0.4, 0.5) is 0 Å². The van der Waals surface area contributed by atoms with Crippen molar-refractivity contribution in [3.05, 3.63) is 58.5 Å². The van der Waals surface area contributed by atoms with Crippen molar-refractivity contribution >= 4 is 28.2 Å². The number of ketones is 1. The molecule has 0 atom stereocenters. The van der Waals surface area contributed by atoms with Gasteiger partial charge in [-0.3, -0.25) is 14.8 Å². The van der Waals surface area contributed by atoms with Crippen LogP contribution >= 0.6 is 11.3 Å². The lowest BCUT2D eigenvalue weighted by atomic mass is 10.1. The Morgan fingerprint density at radius 2 is 2.00 bits per heavy atom. The Balaban J connectivity index is 2.01. The highest BCUT2D eigenvalue weighted by Gasteiger charge is 2.12. The molecule has 3 rings (SSSR count). The van der Waals surface area contributed by atoms with Gasteiger partial charge in [0.15, 0.2) is 5.78 Å². The van der Waals surface area contributed by atoms with E-state index in [0.717, 1.165) is 10.4 Å². The number of carbonyl (C=O) groups is 1. The number of fused-ring (bicyclic) bond motifs is 1. The van der Waals surface area contributed by atoms with E-state index in [4.69, 9.17) is 0 Å². The lowest BCUT2D eigenvalue weighted by Crippen LogP contribution is -2.04. The Morgan fingerprint density at radius 1 is 1.11 bits per heavy atom. The maximum atomic E-state index is 12.3. The summed E-state index contributed by atoms with van der Waals surface area (Å²) in [6, 6.07) is 9.45. The van der Waals surface area contributed by atoms with Crippen molar-refractivity contribution in [1.82, 2.24) is 9.97 Å². The largest absolute Gasteiger partial charge is 0.294 e. The van der Waals surface area contributed by atoms with Crippen LogP contribution < -0.4 is 0 Å². The second kappa shape index (κ2) is 4.66. The summed E-state index contributed by atoms with van der Waals surface area (Å²) < 4.78 is 0. The highest BCUT2D eigenvalue weighted by Crippen LogP contribution is 2.18. The van der Waals surface area contributed by atoms with Crippen LogP contribution in [0.15, 0.2) is 48.1 Å². The number of benzene rings is 1. The van der Waals surface area contributed by atoms with E-state index in [1.165, 1.54) is 0 Å². The summed E-state index contributed by atoms with van der Waals surface area (Å²) >= 11 is 1.59. The van der Waals surface area contributed by atoms with Crippen molar-refractivity contribution in [1.29, 1.82) is 0 Å². The maximum Gasteiger partial charge on any atom is 0.170 e. The standard InChI is InChI=1S/C14H10N2OS/c17-13(9-10-3-2-8-18-10)11-4-1-5-12-14(11)16-7-6-15-12/h1-8H,9H2. The quantitative estimate of drug-likeness (QED) is 0.674. The summed E-state index contributed by atoms with van der Waals surface area (Å²) in [5.74, 6) is 0.0866. The van der Waals surface area contributed by atoms with E-state index >= 15 is 0 Å². The van der Waals surface area contributed by atoms with E-state index < -0.39 is 0 Å². The Kier molecular flexibility index (Phi) is 2.86. The van der Waals surface area contributed by atoms with E-state index in [0.29, 0.717) is 17.5 Å². The molecule has 2 aromatic heterocycles. The van der Waals surface area contributed by atoms with Gasteiger partial charge in [-0.2, -0.15) is 0 Å². The fourth-order valence-corrected chi connectivity index (χ4v) is 2.59. The van der Waals surface area contributed by atoms with Crippen molar-refractivity contribution in [3.8, 4) is 0 Å². The third-order valence-electron chi connectivity index (χ3n) is 2.71. The summed E-state index contributed by atoms with van der Waals surface area (Å²) in [7, 11) is 0. The molecule has 3 aromatic rings. The molecular formula is C14H10N2OS. The van der Waals surface area contributed by atoms with Gasteiger partial charge in [0.2, 0.25) is 0 Å². The van der Waals surface area contributed by atoms with Crippen LogP contribution in [0.5, 0.6) is 0 Å². The molecule has 18 heavy (non-hydrogen) atoms. The minimum absolute atomic E-state index is 0.0866. The molecule has 0 saturated heterocycles. The molecule has 0 bridgehead atoms. The fraction of sp³-hybridized carbons (Fsp3) is 0.0714. The molecule has 1 aromatic carbocycles. The van der Waals surface area contributed by atoms with E-state index in [2.05, 4.69) is 9.97 Å². The number of aromatic nitrogens is 2.